The average molecular weight is 239 g/mol. The maximum atomic E-state index is 9.52. The largest absolute Gasteiger partial charge is 0.396 e. The Morgan fingerprint density at radius 2 is 2.25 bits per heavy atom. The van der Waals surface area contributed by atoms with Crippen LogP contribution in [0.4, 0.5) is 0 Å². The topological polar surface area (TPSA) is 32.3 Å². The van der Waals surface area contributed by atoms with Gasteiger partial charge in [0.2, 0.25) is 0 Å². The number of hydrogen-bond donors (Lipinski definition) is 2. The van der Waals surface area contributed by atoms with Gasteiger partial charge in [-0.2, -0.15) is 0 Å². The zero-order chi connectivity index (χ0) is 11.4. The monoisotopic (exact) mass is 239 g/mol. The van der Waals surface area contributed by atoms with E-state index in [4.69, 9.17) is 0 Å². The lowest BCUT2D eigenvalue weighted by Gasteiger charge is -2.28. The summed E-state index contributed by atoms with van der Waals surface area (Å²) in [5, 5.41) is 15.2. The highest BCUT2D eigenvalue weighted by atomic mass is 32.1. The molecule has 0 saturated heterocycles. The molecule has 0 amide bonds. The average Bonchev–Trinajstić information content (AvgIpc) is 2.98. The number of thiophene rings is 1. The molecule has 90 valence electrons. The van der Waals surface area contributed by atoms with Crippen LogP contribution in [0.5, 0.6) is 0 Å². The van der Waals surface area contributed by atoms with Crippen LogP contribution < -0.4 is 5.32 Å². The first-order valence-corrected chi connectivity index (χ1v) is 7.01. The van der Waals surface area contributed by atoms with E-state index in [1.807, 2.05) is 0 Å². The van der Waals surface area contributed by atoms with Crippen molar-refractivity contribution < 1.29 is 5.11 Å². The smallest absolute Gasteiger partial charge is 0.0499 e. The molecule has 1 unspecified atom stereocenters. The van der Waals surface area contributed by atoms with Crippen molar-refractivity contribution in [2.75, 3.05) is 13.2 Å². The van der Waals surface area contributed by atoms with Crippen LogP contribution in [0.15, 0.2) is 17.5 Å². The summed E-state index contributed by atoms with van der Waals surface area (Å²) in [7, 11) is 0. The predicted octanol–water partition coefficient (Wildman–Crippen LogP) is 2.95. The van der Waals surface area contributed by atoms with Gasteiger partial charge in [0.05, 0.1) is 0 Å². The Morgan fingerprint density at radius 3 is 2.81 bits per heavy atom. The first-order valence-electron chi connectivity index (χ1n) is 6.13. The molecule has 1 aromatic heterocycles. The SMILES string of the molecule is CC(NCC1(CO)CCCC1)c1cccs1. The molecule has 1 heterocycles. The van der Waals surface area contributed by atoms with Crippen molar-refractivity contribution in [1.82, 2.24) is 5.32 Å². The minimum absolute atomic E-state index is 0.158. The van der Waals surface area contributed by atoms with E-state index >= 15 is 0 Å². The zero-order valence-corrected chi connectivity index (χ0v) is 10.7. The Bertz CT molecular complexity index is 304. The Labute approximate surface area is 102 Å². The molecule has 0 spiro atoms. The molecule has 2 N–H and O–H groups in total. The number of nitrogens with one attached hydrogen (secondary N) is 1. The van der Waals surface area contributed by atoms with Crippen molar-refractivity contribution in [2.45, 2.75) is 38.6 Å². The molecule has 3 heteroatoms. The van der Waals surface area contributed by atoms with Crippen LogP contribution >= 0.6 is 11.3 Å². The summed E-state index contributed by atoms with van der Waals surface area (Å²) >= 11 is 1.80. The zero-order valence-electron chi connectivity index (χ0n) is 9.91. The fraction of sp³-hybridized carbons (Fsp3) is 0.692. The molecule has 1 saturated carbocycles. The summed E-state index contributed by atoms with van der Waals surface area (Å²) < 4.78 is 0. The Hall–Kier alpha value is -0.380. The first-order chi connectivity index (χ1) is 7.76. The van der Waals surface area contributed by atoms with E-state index < -0.39 is 0 Å². The van der Waals surface area contributed by atoms with E-state index in [0.29, 0.717) is 12.6 Å². The van der Waals surface area contributed by atoms with Gasteiger partial charge in [0.25, 0.3) is 0 Å². The molecule has 2 rings (SSSR count). The summed E-state index contributed by atoms with van der Waals surface area (Å²) in [4.78, 5) is 1.38. The number of rotatable bonds is 5. The lowest BCUT2D eigenvalue weighted by molar-refractivity contribution is 0.125. The summed E-state index contributed by atoms with van der Waals surface area (Å²) in [6, 6.07) is 4.67. The highest BCUT2D eigenvalue weighted by Crippen LogP contribution is 2.37. The molecule has 1 atom stereocenters. The molecular weight excluding hydrogens is 218 g/mol. The van der Waals surface area contributed by atoms with Crippen LogP contribution in [0.1, 0.15) is 43.5 Å². The second kappa shape index (κ2) is 5.30. The second-order valence-corrected chi connectivity index (χ2v) is 5.96. The van der Waals surface area contributed by atoms with Gasteiger partial charge < -0.3 is 10.4 Å². The Morgan fingerprint density at radius 1 is 1.50 bits per heavy atom. The highest BCUT2D eigenvalue weighted by Gasteiger charge is 2.33. The maximum absolute atomic E-state index is 9.52. The van der Waals surface area contributed by atoms with Gasteiger partial charge in [-0.15, -0.1) is 11.3 Å². The lowest BCUT2D eigenvalue weighted by atomic mass is 9.87. The van der Waals surface area contributed by atoms with Gasteiger partial charge in [-0.25, -0.2) is 0 Å². The number of hydrogen-bond acceptors (Lipinski definition) is 3. The summed E-state index contributed by atoms with van der Waals surface area (Å²) in [6.45, 7) is 3.48. The van der Waals surface area contributed by atoms with Gasteiger partial charge in [-0.1, -0.05) is 18.9 Å². The molecule has 16 heavy (non-hydrogen) atoms. The molecule has 0 radical (unpaired) electrons. The quantitative estimate of drug-likeness (QED) is 0.828. The van der Waals surface area contributed by atoms with E-state index in [1.165, 1.54) is 30.6 Å². The molecule has 1 aliphatic carbocycles. The standard InChI is InChI=1S/C13H21NOS/c1-11(12-5-4-8-16-12)14-9-13(10-15)6-2-3-7-13/h4-5,8,11,14-15H,2-3,6-7,9-10H2,1H3. The summed E-state index contributed by atoms with van der Waals surface area (Å²) in [6.07, 6.45) is 4.90. The van der Waals surface area contributed by atoms with E-state index in [9.17, 15) is 5.11 Å². The predicted molar refractivity (Wildman–Crippen MR) is 68.7 cm³/mol. The molecule has 1 aromatic rings. The minimum atomic E-state index is 0.158. The minimum Gasteiger partial charge on any atom is -0.396 e. The molecule has 0 bridgehead atoms. The van der Waals surface area contributed by atoms with Gasteiger partial charge in [0, 0.05) is 29.5 Å². The summed E-state index contributed by atoms with van der Waals surface area (Å²) in [5.74, 6) is 0. The first kappa shape index (κ1) is 12.1. The Kier molecular flexibility index (Phi) is 4.00. The van der Waals surface area contributed by atoms with Crippen LogP contribution in [-0.2, 0) is 0 Å². The molecule has 2 nitrogen and oxygen atoms in total. The number of aliphatic hydroxyl groups is 1. The van der Waals surface area contributed by atoms with E-state index in [-0.39, 0.29) is 5.41 Å². The van der Waals surface area contributed by atoms with E-state index in [0.717, 1.165) is 6.54 Å². The van der Waals surface area contributed by atoms with Crippen LogP contribution in [0, 0.1) is 5.41 Å². The van der Waals surface area contributed by atoms with Crippen molar-refractivity contribution in [3.8, 4) is 0 Å². The van der Waals surface area contributed by atoms with E-state index in [1.54, 1.807) is 11.3 Å². The van der Waals surface area contributed by atoms with Gasteiger partial charge in [-0.3, -0.25) is 0 Å². The third-order valence-electron chi connectivity index (χ3n) is 3.75. The fourth-order valence-corrected chi connectivity index (χ4v) is 3.28. The fourth-order valence-electron chi connectivity index (χ4n) is 2.52. The van der Waals surface area contributed by atoms with Crippen LogP contribution in [0.2, 0.25) is 0 Å². The Balaban J connectivity index is 1.86. The van der Waals surface area contributed by atoms with Crippen LogP contribution in [0.3, 0.4) is 0 Å². The van der Waals surface area contributed by atoms with Crippen LogP contribution in [0.25, 0.3) is 0 Å². The molecular formula is C13H21NOS. The molecule has 1 aliphatic rings. The van der Waals surface area contributed by atoms with Crippen molar-refractivity contribution >= 4 is 11.3 Å². The van der Waals surface area contributed by atoms with Crippen molar-refractivity contribution in [2.24, 2.45) is 5.41 Å². The lowest BCUT2D eigenvalue weighted by Crippen LogP contribution is -2.36. The normalized spacial score (nSPS) is 21.1. The third-order valence-corrected chi connectivity index (χ3v) is 4.81. The van der Waals surface area contributed by atoms with Gasteiger partial charge >= 0.3 is 0 Å². The van der Waals surface area contributed by atoms with E-state index in [2.05, 4.69) is 29.8 Å². The van der Waals surface area contributed by atoms with Crippen molar-refractivity contribution in [3.63, 3.8) is 0 Å². The van der Waals surface area contributed by atoms with Gasteiger partial charge in [0.1, 0.15) is 0 Å². The number of aliphatic hydroxyl groups excluding tert-OH is 1. The molecule has 1 fully saturated rings. The maximum Gasteiger partial charge on any atom is 0.0499 e. The second-order valence-electron chi connectivity index (χ2n) is 4.98. The van der Waals surface area contributed by atoms with Crippen molar-refractivity contribution in [1.29, 1.82) is 0 Å². The molecule has 0 aromatic carbocycles. The summed E-state index contributed by atoms with van der Waals surface area (Å²) in [5.41, 5.74) is 0.158. The molecule has 0 aliphatic heterocycles. The third kappa shape index (κ3) is 2.65. The van der Waals surface area contributed by atoms with Gasteiger partial charge in [-0.05, 0) is 31.2 Å². The highest BCUT2D eigenvalue weighted by molar-refractivity contribution is 7.10. The van der Waals surface area contributed by atoms with Crippen LogP contribution in [-0.4, -0.2) is 18.3 Å². The van der Waals surface area contributed by atoms with Crippen molar-refractivity contribution in [3.05, 3.63) is 22.4 Å². The van der Waals surface area contributed by atoms with Gasteiger partial charge in [0.15, 0.2) is 0 Å².